The number of amides is 2. The van der Waals surface area contributed by atoms with Gasteiger partial charge >= 0.3 is 0 Å². The lowest BCUT2D eigenvalue weighted by atomic mass is 10.1. The van der Waals surface area contributed by atoms with Crippen molar-refractivity contribution in [3.8, 4) is 11.5 Å². The van der Waals surface area contributed by atoms with E-state index < -0.39 is 16.1 Å². The van der Waals surface area contributed by atoms with E-state index in [2.05, 4.69) is 5.32 Å². The van der Waals surface area contributed by atoms with Crippen molar-refractivity contribution in [3.05, 3.63) is 114 Å². The number of nitrogens with zero attached hydrogens (tertiary/aromatic N) is 2. The van der Waals surface area contributed by atoms with Crippen LogP contribution < -0.4 is 24.0 Å². The fourth-order valence-corrected chi connectivity index (χ4v) is 7.90. The minimum Gasteiger partial charge on any atom is -0.497 e. The van der Waals surface area contributed by atoms with Gasteiger partial charge in [-0.05, 0) is 85.0 Å². The molecule has 4 aromatic carbocycles. The van der Waals surface area contributed by atoms with Crippen molar-refractivity contribution in [2.75, 3.05) is 35.9 Å². The van der Waals surface area contributed by atoms with E-state index in [1.165, 1.54) is 34.9 Å². The summed E-state index contributed by atoms with van der Waals surface area (Å²) < 4.78 is 40.5. The first-order valence-electron chi connectivity index (χ1n) is 14.9. The Morgan fingerprint density at radius 2 is 1.72 bits per heavy atom. The van der Waals surface area contributed by atoms with Gasteiger partial charge in [-0.3, -0.25) is 18.8 Å². The second-order valence-electron chi connectivity index (χ2n) is 10.7. The minimum atomic E-state index is -3.84. The van der Waals surface area contributed by atoms with Crippen LogP contribution in [0.15, 0.2) is 108 Å². The Kier molecular flexibility index (Phi) is 8.96. The molecule has 1 aliphatic heterocycles. The van der Waals surface area contributed by atoms with Gasteiger partial charge in [-0.15, -0.1) is 11.3 Å². The van der Waals surface area contributed by atoms with Gasteiger partial charge in [0.25, 0.3) is 21.8 Å². The number of benzene rings is 4. The maximum atomic E-state index is 14.0. The molecular weight excluding hydrogens is 623 g/mol. The molecule has 46 heavy (non-hydrogen) atoms. The highest BCUT2D eigenvalue weighted by Crippen LogP contribution is 2.37. The van der Waals surface area contributed by atoms with Gasteiger partial charge < -0.3 is 14.8 Å². The highest BCUT2D eigenvalue weighted by Gasteiger charge is 2.35. The van der Waals surface area contributed by atoms with Gasteiger partial charge in [-0.1, -0.05) is 42.5 Å². The first-order chi connectivity index (χ1) is 22.3. The fraction of sp³-hybridized carbons (Fsp3) is 0.200. The third-order valence-corrected chi connectivity index (χ3v) is 10.8. The van der Waals surface area contributed by atoms with E-state index >= 15 is 0 Å². The minimum absolute atomic E-state index is 0.0518. The second-order valence-corrected chi connectivity index (χ2v) is 13.6. The lowest BCUT2D eigenvalue weighted by molar-refractivity contribution is -0.127. The van der Waals surface area contributed by atoms with E-state index in [0.29, 0.717) is 40.7 Å². The molecule has 0 saturated heterocycles. The lowest BCUT2D eigenvalue weighted by Gasteiger charge is -2.34. The molecule has 2 heterocycles. The predicted molar refractivity (Wildman–Crippen MR) is 181 cm³/mol. The summed E-state index contributed by atoms with van der Waals surface area (Å²) in [5.41, 5.74) is 2.19. The summed E-state index contributed by atoms with van der Waals surface area (Å²) in [6.45, 7) is 2.49. The number of ether oxygens (including phenoxy) is 2. The van der Waals surface area contributed by atoms with E-state index in [9.17, 15) is 18.0 Å². The number of hydrogen-bond donors (Lipinski definition) is 1. The monoisotopic (exact) mass is 655 g/mol. The van der Waals surface area contributed by atoms with Gasteiger partial charge in [0.15, 0.2) is 6.10 Å². The number of methoxy groups -OCH3 is 1. The fourth-order valence-electron chi connectivity index (χ4n) is 5.44. The Morgan fingerprint density at radius 3 is 2.46 bits per heavy atom. The molecule has 236 valence electrons. The molecule has 9 nitrogen and oxygen atoms in total. The zero-order valence-corrected chi connectivity index (χ0v) is 27.0. The van der Waals surface area contributed by atoms with Crippen LogP contribution in [0.1, 0.15) is 22.2 Å². The summed E-state index contributed by atoms with van der Waals surface area (Å²) in [7, 11) is -2.31. The maximum Gasteiger partial charge on any atom is 0.268 e. The molecular formula is C35H33N3O6S2. The van der Waals surface area contributed by atoms with Crippen LogP contribution in [0.4, 0.5) is 11.4 Å². The second kappa shape index (κ2) is 13.2. The normalized spacial score (nSPS) is 14.3. The van der Waals surface area contributed by atoms with Crippen LogP contribution in [0.3, 0.4) is 0 Å². The van der Waals surface area contributed by atoms with E-state index in [0.717, 1.165) is 15.6 Å². The van der Waals surface area contributed by atoms with Crippen LogP contribution in [0.25, 0.3) is 10.1 Å². The third kappa shape index (κ3) is 6.29. The SMILES string of the molecule is CCN(c1ccc2sc(C(=O)N3C[C@@H](C(=O)NCCc4ccccc4)Oc4ccccc43)cc2c1)S(=O)(=O)c1ccc(OC)cc1. The highest BCUT2D eigenvalue weighted by atomic mass is 32.2. The molecule has 0 radical (unpaired) electrons. The molecule has 0 saturated carbocycles. The van der Waals surface area contributed by atoms with Crippen molar-refractivity contribution in [1.82, 2.24) is 5.32 Å². The molecule has 0 unspecified atom stereocenters. The van der Waals surface area contributed by atoms with Crippen LogP contribution >= 0.6 is 11.3 Å². The van der Waals surface area contributed by atoms with Crippen LogP contribution in [0, 0.1) is 0 Å². The van der Waals surface area contributed by atoms with Crippen molar-refractivity contribution in [3.63, 3.8) is 0 Å². The summed E-state index contributed by atoms with van der Waals surface area (Å²) in [5, 5.41) is 3.69. The molecule has 1 N–H and O–H groups in total. The van der Waals surface area contributed by atoms with Crippen LogP contribution in [-0.4, -0.2) is 53.1 Å². The van der Waals surface area contributed by atoms with Crippen molar-refractivity contribution in [2.45, 2.75) is 24.3 Å². The standard InChI is InChI=1S/C35H33N3O6S2/c1-3-38(46(41,42)28-16-14-27(43-2)15-17-28)26-13-18-32-25(21-26)22-33(45-32)35(40)37-23-31(44-30-12-8-7-11-29(30)37)34(39)36-20-19-24-9-5-4-6-10-24/h4-18,21-22,31H,3,19-20,23H2,1-2H3,(H,36,39)/t31-/m0/s1. The average molecular weight is 656 g/mol. The Hall–Kier alpha value is -4.87. The van der Waals surface area contributed by atoms with Gasteiger partial charge in [-0.25, -0.2) is 8.42 Å². The molecule has 0 spiro atoms. The molecule has 1 aliphatic rings. The van der Waals surface area contributed by atoms with Crippen molar-refractivity contribution in [2.24, 2.45) is 0 Å². The molecule has 0 fully saturated rings. The maximum absolute atomic E-state index is 14.0. The van der Waals surface area contributed by atoms with Gasteiger partial charge in [0, 0.05) is 17.8 Å². The number of sulfonamides is 1. The van der Waals surface area contributed by atoms with E-state index in [1.54, 1.807) is 60.4 Å². The summed E-state index contributed by atoms with van der Waals surface area (Å²) in [4.78, 5) is 29.4. The summed E-state index contributed by atoms with van der Waals surface area (Å²) in [6.07, 6.45) is -0.198. The van der Waals surface area contributed by atoms with E-state index in [1.807, 2.05) is 42.5 Å². The molecule has 1 atom stereocenters. The Labute approximate surface area is 272 Å². The number of rotatable bonds is 10. The van der Waals surface area contributed by atoms with E-state index in [4.69, 9.17) is 9.47 Å². The van der Waals surface area contributed by atoms with Crippen molar-refractivity contribution in [1.29, 1.82) is 0 Å². The molecule has 11 heteroatoms. The number of fused-ring (bicyclic) bond motifs is 2. The lowest BCUT2D eigenvalue weighted by Crippen LogP contribution is -2.51. The van der Waals surface area contributed by atoms with Gasteiger partial charge in [0.05, 0.1) is 34.8 Å². The number of carbonyl (C=O) groups is 2. The van der Waals surface area contributed by atoms with Crippen LogP contribution in [0.5, 0.6) is 11.5 Å². The Morgan fingerprint density at radius 1 is 0.978 bits per heavy atom. The number of carbonyl (C=O) groups excluding carboxylic acids is 2. The van der Waals surface area contributed by atoms with Crippen LogP contribution in [0.2, 0.25) is 0 Å². The summed E-state index contributed by atoms with van der Waals surface area (Å²) in [6, 6.07) is 30.5. The zero-order valence-electron chi connectivity index (χ0n) is 25.4. The van der Waals surface area contributed by atoms with Gasteiger partial charge in [0.1, 0.15) is 11.5 Å². The average Bonchev–Trinajstić information content (AvgIpc) is 3.52. The number of thiophene rings is 1. The molecule has 2 amide bonds. The Balaban J connectivity index is 1.23. The smallest absolute Gasteiger partial charge is 0.268 e. The van der Waals surface area contributed by atoms with Crippen molar-refractivity contribution < 1.29 is 27.5 Å². The molecule has 1 aromatic heterocycles. The number of para-hydroxylation sites is 2. The zero-order chi connectivity index (χ0) is 32.3. The van der Waals surface area contributed by atoms with Crippen LogP contribution in [-0.2, 0) is 21.2 Å². The number of hydrogen-bond acceptors (Lipinski definition) is 7. The number of anilines is 2. The number of nitrogens with one attached hydrogen (secondary N) is 1. The molecule has 0 bridgehead atoms. The largest absolute Gasteiger partial charge is 0.497 e. The highest BCUT2D eigenvalue weighted by molar-refractivity contribution is 7.92. The first-order valence-corrected chi connectivity index (χ1v) is 17.1. The van der Waals surface area contributed by atoms with E-state index in [-0.39, 0.29) is 29.8 Å². The molecule has 5 aromatic rings. The van der Waals surface area contributed by atoms with Gasteiger partial charge in [-0.2, -0.15) is 0 Å². The molecule has 6 rings (SSSR count). The quantitative estimate of drug-likeness (QED) is 0.201. The third-order valence-electron chi connectivity index (χ3n) is 7.80. The molecule has 0 aliphatic carbocycles. The predicted octanol–water partition coefficient (Wildman–Crippen LogP) is 5.89. The Bertz CT molecular complexity index is 1980. The first kappa shape index (κ1) is 31.1. The summed E-state index contributed by atoms with van der Waals surface area (Å²) >= 11 is 1.32. The van der Waals surface area contributed by atoms with Gasteiger partial charge in [0.2, 0.25) is 0 Å². The van der Waals surface area contributed by atoms with Crippen molar-refractivity contribution >= 4 is 54.6 Å². The summed E-state index contributed by atoms with van der Waals surface area (Å²) in [5.74, 6) is 0.466. The topological polar surface area (TPSA) is 105 Å².